The van der Waals surface area contributed by atoms with Gasteiger partial charge in [-0.3, -0.25) is 4.79 Å². The first-order valence-corrected chi connectivity index (χ1v) is 6.51. The number of halogens is 3. The highest BCUT2D eigenvalue weighted by Crippen LogP contribution is 2.38. The summed E-state index contributed by atoms with van der Waals surface area (Å²) >= 11 is 0. The van der Waals surface area contributed by atoms with Crippen LogP contribution in [0.4, 0.5) is 18.9 Å². The Labute approximate surface area is 109 Å². The molecule has 102 valence electrons. The summed E-state index contributed by atoms with van der Waals surface area (Å²) in [6.45, 7) is 0. The Morgan fingerprint density at radius 1 is 1.05 bits per heavy atom. The zero-order chi connectivity index (χ0) is 13.6. The molecule has 0 radical (unpaired) electrons. The number of anilines is 1. The van der Waals surface area contributed by atoms with Crippen molar-refractivity contribution in [2.75, 3.05) is 4.90 Å². The Morgan fingerprint density at radius 2 is 1.68 bits per heavy atom. The van der Waals surface area contributed by atoms with Crippen LogP contribution in [0.2, 0.25) is 0 Å². The number of carbonyl (C=O) groups excluding carboxylic acids is 1. The van der Waals surface area contributed by atoms with E-state index >= 15 is 0 Å². The SMILES string of the molecule is O=C1CC2CCCC(C1)N2c1cc(F)cc(F)c1F. The molecule has 0 N–H and O–H groups in total. The van der Waals surface area contributed by atoms with E-state index in [1.165, 1.54) is 0 Å². The number of Topliss-reactive ketones (excluding diaryl/α,β-unsaturated/α-hetero) is 1. The van der Waals surface area contributed by atoms with Gasteiger partial charge >= 0.3 is 0 Å². The lowest BCUT2D eigenvalue weighted by molar-refractivity contribution is -0.121. The fraction of sp³-hybridized carbons (Fsp3) is 0.500. The van der Waals surface area contributed by atoms with Crippen LogP contribution in [0.3, 0.4) is 0 Å². The van der Waals surface area contributed by atoms with Gasteiger partial charge in [0.15, 0.2) is 11.6 Å². The molecular formula is C14H14F3NO. The third kappa shape index (κ3) is 2.11. The van der Waals surface area contributed by atoms with Crippen LogP contribution in [-0.4, -0.2) is 17.9 Å². The smallest absolute Gasteiger partial charge is 0.182 e. The van der Waals surface area contributed by atoms with Gasteiger partial charge < -0.3 is 4.90 Å². The normalized spacial score (nSPS) is 26.7. The van der Waals surface area contributed by atoms with E-state index in [0.29, 0.717) is 18.9 Å². The van der Waals surface area contributed by atoms with E-state index in [9.17, 15) is 18.0 Å². The average molecular weight is 269 g/mol. The summed E-state index contributed by atoms with van der Waals surface area (Å²) < 4.78 is 40.6. The van der Waals surface area contributed by atoms with Crippen LogP contribution in [0.25, 0.3) is 0 Å². The van der Waals surface area contributed by atoms with E-state index in [2.05, 4.69) is 0 Å². The number of carbonyl (C=O) groups is 1. The maximum atomic E-state index is 13.9. The van der Waals surface area contributed by atoms with Gasteiger partial charge in [-0.05, 0) is 19.3 Å². The largest absolute Gasteiger partial charge is 0.362 e. The van der Waals surface area contributed by atoms with Crippen LogP contribution in [0.15, 0.2) is 12.1 Å². The molecule has 5 heteroatoms. The second kappa shape index (κ2) is 4.54. The molecule has 3 rings (SSSR count). The number of hydrogen-bond acceptors (Lipinski definition) is 2. The Morgan fingerprint density at radius 3 is 2.32 bits per heavy atom. The van der Waals surface area contributed by atoms with E-state index in [0.717, 1.165) is 25.3 Å². The lowest BCUT2D eigenvalue weighted by Gasteiger charge is -2.47. The summed E-state index contributed by atoms with van der Waals surface area (Å²) in [5.74, 6) is -2.83. The molecule has 0 aromatic heterocycles. The average Bonchev–Trinajstić information content (AvgIpc) is 2.33. The summed E-state index contributed by atoms with van der Waals surface area (Å²) in [4.78, 5) is 13.3. The lowest BCUT2D eigenvalue weighted by atomic mass is 9.83. The highest BCUT2D eigenvalue weighted by atomic mass is 19.2. The van der Waals surface area contributed by atoms with Crippen molar-refractivity contribution in [3.63, 3.8) is 0 Å². The van der Waals surface area contributed by atoms with Crippen LogP contribution >= 0.6 is 0 Å². The van der Waals surface area contributed by atoms with Crippen molar-refractivity contribution in [2.24, 2.45) is 0 Å². The van der Waals surface area contributed by atoms with Crippen molar-refractivity contribution in [2.45, 2.75) is 44.2 Å². The molecule has 2 saturated heterocycles. The predicted molar refractivity (Wildman–Crippen MR) is 64.5 cm³/mol. The monoisotopic (exact) mass is 269 g/mol. The summed E-state index contributed by atoms with van der Waals surface area (Å²) in [6, 6.07) is 1.31. The molecule has 2 nitrogen and oxygen atoms in total. The second-order valence-corrected chi connectivity index (χ2v) is 5.31. The lowest BCUT2D eigenvalue weighted by Crippen LogP contribution is -2.53. The Hall–Kier alpha value is -1.52. The quantitative estimate of drug-likeness (QED) is 0.730. The Balaban J connectivity index is 2.04. The highest BCUT2D eigenvalue weighted by molar-refractivity contribution is 5.82. The van der Waals surface area contributed by atoms with Gasteiger partial charge in [0.1, 0.15) is 11.6 Å². The van der Waals surface area contributed by atoms with Crippen molar-refractivity contribution < 1.29 is 18.0 Å². The van der Waals surface area contributed by atoms with Crippen molar-refractivity contribution in [1.82, 2.24) is 0 Å². The van der Waals surface area contributed by atoms with Crippen molar-refractivity contribution in [3.8, 4) is 0 Å². The van der Waals surface area contributed by atoms with Crippen LogP contribution < -0.4 is 4.90 Å². The maximum absolute atomic E-state index is 13.9. The maximum Gasteiger partial charge on any atom is 0.182 e. The molecule has 2 aliphatic rings. The summed E-state index contributed by atoms with van der Waals surface area (Å²) in [6.07, 6.45) is 3.18. The van der Waals surface area contributed by atoms with Crippen molar-refractivity contribution in [1.29, 1.82) is 0 Å². The topological polar surface area (TPSA) is 20.3 Å². The van der Waals surface area contributed by atoms with Gasteiger partial charge in [-0.1, -0.05) is 0 Å². The van der Waals surface area contributed by atoms with E-state index in [1.807, 2.05) is 0 Å². The molecule has 1 aromatic carbocycles. The van der Waals surface area contributed by atoms with E-state index in [-0.39, 0.29) is 23.6 Å². The molecular weight excluding hydrogens is 255 g/mol. The first-order valence-electron chi connectivity index (χ1n) is 6.51. The molecule has 0 amide bonds. The number of nitrogens with zero attached hydrogens (tertiary/aromatic N) is 1. The fourth-order valence-electron chi connectivity index (χ4n) is 3.30. The first-order chi connectivity index (χ1) is 9.06. The molecule has 0 saturated carbocycles. The van der Waals surface area contributed by atoms with Crippen molar-refractivity contribution >= 4 is 11.5 Å². The minimum absolute atomic E-state index is 0.0419. The van der Waals surface area contributed by atoms with Gasteiger partial charge in [-0.2, -0.15) is 0 Å². The second-order valence-electron chi connectivity index (χ2n) is 5.31. The molecule has 2 unspecified atom stereocenters. The third-order valence-corrected chi connectivity index (χ3v) is 4.04. The number of benzene rings is 1. The van der Waals surface area contributed by atoms with E-state index in [1.54, 1.807) is 4.90 Å². The molecule has 2 heterocycles. The Bertz CT molecular complexity index is 516. The van der Waals surface area contributed by atoms with Gasteiger partial charge in [-0.15, -0.1) is 0 Å². The molecule has 2 atom stereocenters. The number of hydrogen-bond donors (Lipinski definition) is 0. The summed E-state index contributed by atoms with van der Waals surface area (Å²) in [5, 5.41) is 0. The van der Waals surface area contributed by atoms with Crippen LogP contribution in [0.5, 0.6) is 0 Å². The minimum Gasteiger partial charge on any atom is -0.362 e. The van der Waals surface area contributed by atoms with Crippen molar-refractivity contribution in [3.05, 3.63) is 29.6 Å². The van der Waals surface area contributed by atoms with Gasteiger partial charge in [0.2, 0.25) is 0 Å². The summed E-state index contributed by atoms with van der Waals surface area (Å²) in [7, 11) is 0. The molecule has 0 aliphatic carbocycles. The Kier molecular flexibility index (Phi) is 2.99. The van der Waals surface area contributed by atoms with E-state index < -0.39 is 17.5 Å². The fourth-order valence-corrected chi connectivity index (χ4v) is 3.30. The predicted octanol–water partition coefficient (Wildman–Crippen LogP) is 3.19. The molecule has 2 aliphatic heterocycles. The number of ketones is 1. The van der Waals surface area contributed by atoms with Crippen LogP contribution in [0, 0.1) is 17.5 Å². The zero-order valence-corrected chi connectivity index (χ0v) is 10.3. The van der Waals surface area contributed by atoms with Crippen LogP contribution in [0.1, 0.15) is 32.1 Å². The molecule has 0 spiro atoms. The van der Waals surface area contributed by atoms with E-state index in [4.69, 9.17) is 0 Å². The first kappa shape index (κ1) is 12.5. The molecule has 19 heavy (non-hydrogen) atoms. The standard InChI is InChI=1S/C14H14F3NO/c15-8-4-12(16)14(17)13(5-8)18-9-2-1-3-10(18)7-11(19)6-9/h4-5,9-10H,1-3,6-7H2. The number of rotatable bonds is 1. The number of piperidine rings is 2. The molecule has 1 aromatic rings. The summed E-state index contributed by atoms with van der Waals surface area (Å²) in [5.41, 5.74) is -0.0419. The van der Waals surface area contributed by atoms with Gasteiger partial charge in [0, 0.05) is 37.1 Å². The van der Waals surface area contributed by atoms with Gasteiger partial charge in [-0.25, -0.2) is 13.2 Å². The minimum atomic E-state index is -1.18. The zero-order valence-electron chi connectivity index (χ0n) is 10.3. The highest BCUT2D eigenvalue weighted by Gasteiger charge is 2.39. The number of fused-ring (bicyclic) bond motifs is 2. The van der Waals surface area contributed by atoms with Gasteiger partial charge in [0.25, 0.3) is 0 Å². The molecule has 2 bridgehead atoms. The van der Waals surface area contributed by atoms with Gasteiger partial charge in [0.05, 0.1) is 5.69 Å². The third-order valence-electron chi connectivity index (χ3n) is 4.04. The van der Waals surface area contributed by atoms with Crippen LogP contribution in [-0.2, 0) is 4.79 Å². The molecule has 2 fully saturated rings.